The molecule has 29 heavy (non-hydrogen) atoms. The summed E-state index contributed by atoms with van der Waals surface area (Å²) in [5.41, 5.74) is 2.78. The van der Waals surface area contributed by atoms with E-state index in [1.165, 1.54) is 24.6 Å². The van der Waals surface area contributed by atoms with Crippen molar-refractivity contribution in [3.05, 3.63) is 78.2 Å². The molecule has 0 fully saturated rings. The number of nitrogens with zero attached hydrogens (tertiary/aromatic N) is 1. The molecule has 146 valence electrons. The maximum atomic E-state index is 12.6. The second-order valence-electron chi connectivity index (χ2n) is 6.47. The van der Waals surface area contributed by atoms with Crippen molar-refractivity contribution >= 4 is 32.6 Å². The van der Waals surface area contributed by atoms with E-state index in [-0.39, 0.29) is 10.8 Å². The molecule has 2 heterocycles. The van der Waals surface area contributed by atoms with Crippen LogP contribution in [0.1, 0.15) is 15.9 Å². The first-order chi connectivity index (χ1) is 13.9. The van der Waals surface area contributed by atoms with Crippen molar-refractivity contribution in [1.29, 1.82) is 0 Å². The predicted molar refractivity (Wildman–Crippen MR) is 110 cm³/mol. The van der Waals surface area contributed by atoms with Gasteiger partial charge >= 0.3 is 0 Å². The van der Waals surface area contributed by atoms with Crippen LogP contribution in [0.3, 0.4) is 0 Å². The van der Waals surface area contributed by atoms with E-state index in [4.69, 9.17) is 9.56 Å². The average Bonchev–Trinajstić information content (AvgIpc) is 3.18. The van der Waals surface area contributed by atoms with Gasteiger partial charge in [0.2, 0.25) is 10.0 Å². The molecule has 0 radical (unpaired) electrons. The standard InChI is InChI=1S/C21H17N3O4S/c1-13-16(24-21(25)14-5-3-2-4-6-14)7-8-18(29(22,26)27)19(13)20-15-10-12-28-17(15)9-11-23-20/h2-12H,1H3,(H,24,25)(H2,22,26,27). The van der Waals surface area contributed by atoms with Crippen LogP contribution in [0, 0.1) is 6.92 Å². The molecule has 0 bridgehead atoms. The molecule has 3 N–H and O–H groups in total. The fraction of sp³-hybridized carbons (Fsp3) is 0.0476. The highest BCUT2D eigenvalue weighted by atomic mass is 32.2. The first kappa shape index (κ1) is 18.9. The number of nitrogens with two attached hydrogens (primary N) is 1. The molecule has 2 aromatic carbocycles. The minimum absolute atomic E-state index is 0.0751. The van der Waals surface area contributed by atoms with Crippen LogP contribution in [-0.2, 0) is 10.0 Å². The molecule has 0 saturated carbocycles. The SMILES string of the molecule is Cc1c(NC(=O)c2ccccc2)ccc(S(N)(=O)=O)c1-c1nccc2occc12. The highest BCUT2D eigenvalue weighted by molar-refractivity contribution is 7.89. The molecule has 4 rings (SSSR count). The summed E-state index contributed by atoms with van der Waals surface area (Å²) in [6.07, 6.45) is 3.03. The Morgan fingerprint density at radius 3 is 2.55 bits per heavy atom. The Balaban J connectivity index is 1.90. The van der Waals surface area contributed by atoms with Crippen LogP contribution in [0.4, 0.5) is 5.69 Å². The van der Waals surface area contributed by atoms with Crippen molar-refractivity contribution in [3.8, 4) is 11.3 Å². The molecule has 0 saturated heterocycles. The fourth-order valence-electron chi connectivity index (χ4n) is 3.23. The number of fused-ring (bicyclic) bond motifs is 1. The number of pyridine rings is 1. The van der Waals surface area contributed by atoms with Crippen molar-refractivity contribution in [2.45, 2.75) is 11.8 Å². The molecule has 1 amide bonds. The summed E-state index contributed by atoms with van der Waals surface area (Å²) < 4.78 is 29.9. The second-order valence-corrected chi connectivity index (χ2v) is 8.00. The second kappa shape index (κ2) is 7.16. The molecule has 0 spiro atoms. The Morgan fingerprint density at radius 2 is 1.83 bits per heavy atom. The van der Waals surface area contributed by atoms with Crippen LogP contribution < -0.4 is 10.5 Å². The predicted octanol–water partition coefficient (Wildman–Crippen LogP) is 3.70. The topological polar surface area (TPSA) is 115 Å². The van der Waals surface area contributed by atoms with Crippen LogP contribution in [0.25, 0.3) is 22.2 Å². The molecule has 8 heteroatoms. The van der Waals surface area contributed by atoms with E-state index in [9.17, 15) is 13.2 Å². The molecule has 7 nitrogen and oxygen atoms in total. The van der Waals surface area contributed by atoms with Gasteiger partial charge < -0.3 is 9.73 Å². The third-order valence-electron chi connectivity index (χ3n) is 4.63. The Kier molecular flexibility index (Phi) is 4.65. The van der Waals surface area contributed by atoms with Gasteiger partial charge in [-0.1, -0.05) is 18.2 Å². The lowest BCUT2D eigenvalue weighted by Gasteiger charge is -2.16. The minimum atomic E-state index is -4.04. The monoisotopic (exact) mass is 407 g/mol. The lowest BCUT2D eigenvalue weighted by Crippen LogP contribution is -2.17. The van der Waals surface area contributed by atoms with E-state index in [0.29, 0.717) is 39.0 Å². The lowest BCUT2D eigenvalue weighted by atomic mass is 10.0. The summed E-state index contributed by atoms with van der Waals surface area (Å²) in [6.45, 7) is 1.71. The van der Waals surface area contributed by atoms with E-state index in [1.807, 2.05) is 6.07 Å². The number of carbonyl (C=O) groups is 1. The van der Waals surface area contributed by atoms with Crippen molar-refractivity contribution in [2.24, 2.45) is 5.14 Å². The lowest BCUT2D eigenvalue weighted by molar-refractivity contribution is 0.102. The van der Waals surface area contributed by atoms with Gasteiger partial charge in [-0.05, 0) is 48.9 Å². The number of rotatable bonds is 4. The van der Waals surface area contributed by atoms with Crippen LogP contribution >= 0.6 is 0 Å². The smallest absolute Gasteiger partial charge is 0.255 e. The number of sulfonamides is 1. The Labute approximate surface area is 167 Å². The van der Waals surface area contributed by atoms with Gasteiger partial charge in [0.1, 0.15) is 5.58 Å². The fourth-order valence-corrected chi connectivity index (χ4v) is 4.02. The summed E-state index contributed by atoms with van der Waals surface area (Å²) in [4.78, 5) is 16.9. The molecule has 0 aliphatic carbocycles. The van der Waals surface area contributed by atoms with E-state index in [2.05, 4.69) is 10.3 Å². The molecule has 0 unspecified atom stereocenters. The molecule has 0 atom stereocenters. The third-order valence-corrected chi connectivity index (χ3v) is 5.59. The maximum absolute atomic E-state index is 12.6. The maximum Gasteiger partial charge on any atom is 0.255 e. The van der Waals surface area contributed by atoms with Crippen LogP contribution in [0.5, 0.6) is 0 Å². The number of nitrogens with one attached hydrogen (secondary N) is 1. The number of amides is 1. The summed E-state index contributed by atoms with van der Waals surface area (Å²) in [5.74, 6) is -0.308. The van der Waals surface area contributed by atoms with E-state index in [0.717, 1.165) is 0 Å². The molecule has 0 aliphatic rings. The zero-order chi connectivity index (χ0) is 20.6. The number of primary sulfonamides is 1. The number of hydrogen-bond donors (Lipinski definition) is 2. The Hall–Kier alpha value is -3.49. The summed E-state index contributed by atoms with van der Waals surface area (Å²) in [7, 11) is -4.04. The third kappa shape index (κ3) is 3.51. The van der Waals surface area contributed by atoms with Crippen LogP contribution in [0.2, 0.25) is 0 Å². The van der Waals surface area contributed by atoms with Crippen LogP contribution in [0.15, 0.2) is 76.4 Å². The van der Waals surface area contributed by atoms with Gasteiger partial charge in [0.05, 0.1) is 16.9 Å². The highest BCUT2D eigenvalue weighted by Crippen LogP contribution is 2.37. The summed E-state index contributed by atoms with van der Waals surface area (Å²) in [5, 5.41) is 8.94. The summed E-state index contributed by atoms with van der Waals surface area (Å²) >= 11 is 0. The molecular weight excluding hydrogens is 390 g/mol. The van der Waals surface area contributed by atoms with Crippen molar-refractivity contribution in [3.63, 3.8) is 0 Å². The number of anilines is 1. The van der Waals surface area contributed by atoms with Gasteiger partial charge in [0, 0.05) is 28.4 Å². The number of aromatic nitrogens is 1. The van der Waals surface area contributed by atoms with Gasteiger partial charge in [0.25, 0.3) is 5.91 Å². The Morgan fingerprint density at radius 1 is 1.07 bits per heavy atom. The van der Waals surface area contributed by atoms with E-state index < -0.39 is 10.0 Å². The molecular formula is C21H17N3O4S. The molecule has 0 aliphatic heterocycles. The Bertz CT molecular complexity index is 1330. The largest absolute Gasteiger partial charge is 0.464 e. The first-order valence-electron chi connectivity index (χ1n) is 8.71. The van der Waals surface area contributed by atoms with Crippen LogP contribution in [-0.4, -0.2) is 19.3 Å². The van der Waals surface area contributed by atoms with Crippen molar-refractivity contribution < 1.29 is 17.6 Å². The highest BCUT2D eigenvalue weighted by Gasteiger charge is 2.23. The molecule has 4 aromatic rings. The van der Waals surface area contributed by atoms with Crippen molar-refractivity contribution in [2.75, 3.05) is 5.32 Å². The van der Waals surface area contributed by atoms with Gasteiger partial charge in [-0.15, -0.1) is 0 Å². The van der Waals surface area contributed by atoms with Gasteiger partial charge in [-0.3, -0.25) is 9.78 Å². The quantitative estimate of drug-likeness (QED) is 0.535. The molecule has 2 aromatic heterocycles. The number of hydrogen-bond acceptors (Lipinski definition) is 5. The number of benzene rings is 2. The van der Waals surface area contributed by atoms with Gasteiger partial charge in [-0.2, -0.15) is 0 Å². The average molecular weight is 407 g/mol. The van der Waals surface area contributed by atoms with Gasteiger partial charge in [0.15, 0.2) is 0 Å². The number of carbonyl (C=O) groups excluding carboxylic acids is 1. The van der Waals surface area contributed by atoms with Crippen molar-refractivity contribution in [1.82, 2.24) is 4.98 Å². The van der Waals surface area contributed by atoms with Gasteiger partial charge in [-0.25, -0.2) is 13.6 Å². The zero-order valence-electron chi connectivity index (χ0n) is 15.4. The zero-order valence-corrected chi connectivity index (χ0v) is 16.2. The van der Waals surface area contributed by atoms with E-state index >= 15 is 0 Å². The first-order valence-corrected chi connectivity index (χ1v) is 10.3. The summed E-state index contributed by atoms with van der Waals surface area (Å²) in [6, 6.07) is 15.0. The number of furan rings is 1. The minimum Gasteiger partial charge on any atom is -0.464 e. The van der Waals surface area contributed by atoms with E-state index in [1.54, 1.807) is 43.3 Å². The normalized spacial score (nSPS) is 11.5.